The molecule has 1 fully saturated rings. The van der Waals surface area contributed by atoms with Gasteiger partial charge in [0.2, 0.25) is 5.78 Å². The summed E-state index contributed by atoms with van der Waals surface area (Å²) in [5, 5.41) is 8.12. The molecule has 1 saturated heterocycles. The van der Waals surface area contributed by atoms with E-state index >= 15 is 0 Å². The topological polar surface area (TPSA) is 117 Å². The van der Waals surface area contributed by atoms with E-state index in [4.69, 9.17) is 4.74 Å². The molecule has 0 radical (unpaired) electrons. The lowest BCUT2D eigenvalue weighted by atomic mass is 9.93. The van der Waals surface area contributed by atoms with Crippen molar-refractivity contribution in [3.8, 4) is 0 Å². The first-order chi connectivity index (χ1) is 18.1. The highest BCUT2D eigenvalue weighted by Gasteiger charge is 2.43. The number of nitrogens with one attached hydrogen (secondary N) is 3. The summed E-state index contributed by atoms with van der Waals surface area (Å²) < 4.78 is 5.64. The number of Topliss-reactive ketones (excluding diaryl/α,β-unsaturated/α-hetero) is 1. The first-order valence-corrected chi connectivity index (χ1v) is 13.1. The SMILES string of the molecule is CCCC[C@H](NC(=O)OC1CC(C)(C)CN1C(=O)Nc1ccccc1)C(=O)C(=O)N[C@H](C)c1ccccc1. The van der Waals surface area contributed by atoms with Crippen molar-refractivity contribution in [2.75, 3.05) is 11.9 Å². The van der Waals surface area contributed by atoms with Crippen LogP contribution in [0.5, 0.6) is 0 Å². The average Bonchev–Trinajstić information content (AvgIpc) is 3.20. The minimum Gasteiger partial charge on any atom is -0.425 e. The third-order valence-corrected chi connectivity index (χ3v) is 6.53. The number of hydrogen-bond acceptors (Lipinski definition) is 5. The second-order valence-electron chi connectivity index (χ2n) is 10.5. The molecule has 0 spiro atoms. The molecule has 0 aromatic heterocycles. The molecule has 0 saturated carbocycles. The van der Waals surface area contributed by atoms with Crippen LogP contribution in [0.3, 0.4) is 0 Å². The Morgan fingerprint density at radius 2 is 1.63 bits per heavy atom. The minimum absolute atomic E-state index is 0.274. The number of benzene rings is 2. The number of carbonyl (C=O) groups excluding carboxylic acids is 4. The standard InChI is InChI=1S/C29H38N4O5/c1-5-6-17-23(25(34)26(35)30-20(2)21-13-9-7-10-14-21)32-28(37)38-24-18-29(3,4)19-33(24)27(36)31-22-15-11-8-12-16-22/h7-16,20,23-24H,5-6,17-19H2,1-4H3,(H,30,35)(H,31,36)(H,32,37)/t20-,23+,24?/m1/s1. The number of unbranched alkanes of at least 4 members (excludes halogenated alkanes) is 1. The van der Waals surface area contributed by atoms with Crippen LogP contribution < -0.4 is 16.0 Å². The molecule has 3 rings (SSSR count). The lowest BCUT2D eigenvalue weighted by Crippen LogP contribution is -2.50. The second kappa shape index (κ2) is 13.1. The number of nitrogens with zero attached hydrogens (tertiary/aromatic N) is 1. The fraction of sp³-hybridized carbons (Fsp3) is 0.448. The van der Waals surface area contributed by atoms with Gasteiger partial charge in [0, 0.05) is 18.7 Å². The number of carbonyl (C=O) groups is 4. The van der Waals surface area contributed by atoms with Crippen molar-refractivity contribution in [3.05, 3.63) is 66.2 Å². The highest BCUT2D eigenvalue weighted by molar-refractivity contribution is 6.38. The second-order valence-corrected chi connectivity index (χ2v) is 10.5. The number of para-hydroxylation sites is 1. The van der Waals surface area contributed by atoms with Crippen LogP contribution >= 0.6 is 0 Å². The molecule has 2 aromatic carbocycles. The average molecular weight is 523 g/mol. The number of anilines is 1. The molecule has 1 unspecified atom stereocenters. The van der Waals surface area contributed by atoms with E-state index in [0.29, 0.717) is 31.5 Å². The maximum absolute atomic E-state index is 13.0. The Labute approximate surface area is 224 Å². The van der Waals surface area contributed by atoms with Gasteiger partial charge in [0.25, 0.3) is 5.91 Å². The van der Waals surface area contributed by atoms with Crippen molar-refractivity contribution >= 4 is 29.5 Å². The van der Waals surface area contributed by atoms with Crippen molar-refractivity contribution in [2.45, 2.75) is 71.7 Å². The summed E-state index contributed by atoms with van der Waals surface area (Å²) in [6, 6.07) is 16.5. The van der Waals surface area contributed by atoms with Crippen LogP contribution in [0.1, 0.15) is 65.0 Å². The number of rotatable bonds is 10. The molecule has 1 aliphatic heterocycles. The molecule has 9 heteroatoms. The smallest absolute Gasteiger partial charge is 0.409 e. The number of hydrogen-bond donors (Lipinski definition) is 3. The lowest BCUT2D eigenvalue weighted by molar-refractivity contribution is -0.139. The normalized spacial score (nSPS) is 17.7. The zero-order valence-corrected chi connectivity index (χ0v) is 22.5. The maximum Gasteiger partial charge on any atom is 0.409 e. The highest BCUT2D eigenvalue weighted by Crippen LogP contribution is 2.35. The van der Waals surface area contributed by atoms with Gasteiger partial charge >= 0.3 is 12.1 Å². The number of urea groups is 1. The Bertz CT molecular complexity index is 1110. The Morgan fingerprint density at radius 1 is 1.00 bits per heavy atom. The number of likely N-dealkylation sites (tertiary alicyclic amines) is 1. The molecule has 4 amide bonds. The molecule has 3 N–H and O–H groups in total. The van der Waals surface area contributed by atoms with E-state index in [9.17, 15) is 19.2 Å². The van der Waals surface area contributed by atoms with Gasteiger partial charge in [-0.15, -0.1) is 0 Å². The van der Waals surface area contributed by atoms with E-state index in [-0.39, 0.29) is 17.5 Å². The predicted molar refractivity (Wildman–Crippen MR) is 145 cm³/mol. The molecular formula is C29H38N4O5. The maximum atomic E-state index is 13.0. The summed E-state index contributed by atoms with van der Waals surface area (Å²) in [4.78, 5) is 53.1. The fourth-order valence-electron chi connectivity index (χ4n) is 4.46. The van der Waals surface area contributed by atoms with E-state index in [1.807, 2.05) is 69.3 Å². The Hall–Kier alpha value is -3.88. The fourth-order valence-corrected chi connectivity index (χ4v) is 4.46. The van der Waals surface area contributed by atoms with Crippen LogP contribution in [0, 0.1) is 5.41 Å². The van der Waals surface area contributed by atoms with Gasteiger partial charge < -0.3 is 20.7 Å². The van der Waals surface area contributed by atoms with Crippen LogP contribution in [0.15, 0.2) is 60.7 Å². The highest BCUT2D eigenvalue weighted by atomic mass is 16.6. The summed E-state index contributed by atoms with van der Waals surface area (Å²) >= 11 is 0. The number of alkyl carbamates (subject to hydrolysis) is 1. The third-order valence-electron chi connectivity index (χ3n) is 6.53. The van der Waals surface area contributed by atoms with Crippen LogP contribution in [0.25, 0.3) is 0 Å². The quantitative estimate of drug-likeness (QED) is 0.379. The summed E-state index contributed by atoms with van der Waals surface area (Å²) in [5.41, 5.74) is 1.22. The molecule has 1 aliphatic rings. The first kappa shape index (κ1) is 28.7. The zero-order valence-electron chi connectivity index (χ0n) is 22.5. The van der Waals surface area contributed by atoms with Crippen LogP contribution in [0.2, 0.25) is 0 Å². The molecule has 1 heterocycles. The van der Waals surface area contributed by atoms with E-state index in [2.05, 4.69) is 16.0 Å². The number of amides is 4. The van der Waals surface area contributed by atoms with Gasteiger partial charge in [-0.25, -0.2) is 9.59 Å². The van der Waals surface area contributed by atoms with Crippen molar-refractivity contribution in [1.82, 2.24) is 15.5 Å². The van der Waals surface area contributed by atoms with Crippen LogP contribution in [-0.2, 0) is 14.3 Å². The van der Waals surface area contributed by atoms with E-state index in [1.54, 1.807) is 19.1 Å². The van der Waals surface area contributed by atoms with Gasteiger partial charge in [-0.3, -0.25) is 14.5 Å². The molecule has 2 aromatic rings. The lowest BCUT2D eigenvalue weighted by Gasteiger charge is -2.26. The van der Waals surface area contributed by atoms with Gasteiger partial charge in [0.05, 0.1) is 6.04 Å². The van der Waals surface area contributed by atoms with Gasteiger partial charge in [-0.1, -0.05) is 82.1 Å². The molecular weight excluding hydrogens is 484 g/mol. The summed E-state index contributed by atoms with van der Waals surface area (Å²) in [6.45, 7) is 8.12. The van der Waals surface area contributed by atoms with E-state index < -0.39 is 30.1 Å². The van der Waals surface area contributed by atoms with Crippen molar-refractivity contribution < 1.29 is 23.9 Å². The third kappa shape index (κ3) is 8.06. The molecule has 0 bridgehead atoms. The van der Waals surface area contributed by atoms with Gasteiger partial charge in [-0.2, -0.15) is 0 Å². The van der Waals surface area contributed by atoms with Crippen LogP contribution in [-0.4, -0.2) is 47.5 Å². The monoisotopic (exact) mass is 522 g/mol. The summed E-state index contributed by atoms with van der Waals surface area (Å²) in [7, 11) is 0. The predicted octanol–water partition coefficient (Wildman–Crippen LogP) is 5.01. The van der Waals surface area contributed by atoms with Crippen molar-refractivity contribution in [2.24, 2.45) is 5.41 Å². The molecule has 38 heavy (non-hydrogen) atoms. The van der Waals surface area contributed by atoms with E-state index in [0.717, 1.165) is 12.0 Å². The molecule has 0 aliphatic carbocycles. The first-order valence-electron chi connectivity index (χ1n) is 13.1. The zero-order chi connectivity index (χ0) is 27.7. The largest absolute Gasteiger partial charge is 0.425 e. The Kier molecular flexibility index (Phi) is 9.87. The molecule has 9 nitrogen and oxygen atoms in total. The van der Waals surface area contributed by atoms with Gasteiger partial charge in [0.15, 0.2) is 6.23 Å². The molecule has 204 valence electrons. The van der Waals surface area contributed by atoms with Crippen LogP contribution in [0.4, 0.5) is 15.3 Å². The Balaban J connectivity index is 1.64. The summed E-state index contributed by atoms with van der Waals surface area (Å²) in [5.74, 6) is -1.50. The number of ketones is 1. The van der Waals surface area contributed by atoms with E-state index in [1.165, 1.54) is 4.90 Å². The van der Waals surface area contributed by atoms with Gasteiger partial charge in [-0.05, 0) is 36.5 Å². The molecule has 3 atom stereocenters. The van der Waals surface area contributed by atoms with Gasteiger partial charge in [0.1, 0.15) is 6.04 Å². The minimum atomic E-state index is -1.04. The summed E-state index contributed by atoms with van der Waals surface area (Å²) in [6.07, 6.45) is 0.496. The Morgan fingerprint density at radius 3 is 2.26 bits per heavy atom. The van der Waals surface area contributed by atoms with Crippen molar-refractivity contribution in [3.63, 3.8) is 0 Å². The van der Waals surface area contributed by atoms with Crippen molar-refractivity contribution in [1.29, 1.82) is 0 Å². The number of ether oxygens (including phenoxy) is 1.